The highest BCUT2D eigenvalue weighted by atomic mass is 35.5. The molecule has 8 heteroatoms. The van der Waals surface area contributed by atoms with Gasteiger partial charge in [0.25, 0.3) is 0 Å². The summed E-state index contributed by atoms with van der Waals surface area (Å²) in [7, 11) is -3.56. The van der Waals surface area contributed by atoms with Crippen molar-refractivity contribution >= 4 is 44.8 Å². The van der Waals surface area contributed by atoms with Gasteiger partial charge in [0.05, 0.1) is 21.7 Å². The summed E-state index contributed by atoms with van der Waals surface area (Å²) in [5.74, 6) is -0.701. The van der Waals surface area contributed by atoms with Crippen LogP contribution in [0.3, 0.4) is 0 Å². The van der Waals surface area contributed by atoms with Gasteiger partial charge in [-0.05, 0) is 49.6 Å². The van der Waals surface area contributed by atoms with Crippen LogP contribution in [0, 0.1) is 12.8 Å². The molecular formula is C20H22Cl2N2O3S. The Kier molecular flexibility index (Phi) is 6.65. The molecule has 28 heavy (non-hydrogen) atoms. The van der Waals surface area contributed by atoms with E-state index in [2.05, 4.69) is 5.32 Å². The Bertz CT molecular complexity index is 962. The fourth-order valence-corrected chi connectivity index (χ4v) is 5.14. The fourth-order valence-electron chi connectivity index (χ4n) is 3.22. The van der Waals surface area contributed by atoms with Crippen LogP contribution in [0.4, 0.5) is 5.69 Å². The van der Waals surface area contributed by atoms with Crippen molar-refractivity contribution in [2.24, 2.45) is 5.92 Å². The van der Waals surface area contributed by atoms with Crippen molar-refractivity contribution in [1.82, 2.24) is 4.31 Å². The second-order valence-electron chi connectivity index (χ2n) is 7.06. The van der Waals surface area contributed by atoms with Crippen molar-refractivity contribution in [2.45, 2.75) is 25.5 Å². The van der Waals surface area contributed by atoms with E-state index in [4.69, 9.17) is 23.2 Å². The van der Waals surface area contributed by atoms with Gasteiger partial charge >= 0.3 is 0 Å². The van der Waals surface area contributed by atoms with Crippen LogP contribution in [-0.4, -0.2) is 31.7 Å². The minimum absolute atomic E-state index is 0.154. The molecule has 1 aliphatic rings. The van der Waals surface area contributed by atoms with Crippen molar-refractivity contribution in [2.75, 3.05) is 18.4 Å². The summed E-state index contributed by atoms with van der Waals surface area (Å²) in [5, 5.41) is 3.59. The first-order valence-corrected chi connectivity index (χ1v) is 11.4. The summed E-state index contributed by atoms with van der Waals surface area (Å²) in [4.78, 5) is 12.6. The lowest BCUT2D eigenvalue weighted by Gasteiger charge is -2.31. The van der Waals surface area contributed by atoms with Crippen LogP contribution >= 0.6 is 23.2 Å². The van der Waals surface area contributed by atoms with E-state index in [0.717, 1.165) is 5.56 Å². The fraction of sp³-hybridized carbons (Fsp3) is 0.350. The van der Waals surface area contributed by atoms with Gasteiger partial charge in [-0.2, -0.15) is 0 Å². The number of carbonyl (C=O) groups is 1. The molecule has 1 aliphatic heterocycles. The molecular weight excluding hydrogens is 419 g/mol. The Labute approximate surface area is 175 Å². The normalized spacial score (nSPS) is 18.0. The van der Waals surface area contributed by atoms with Gasteiger partial charge in [-0.25, -0.2) is 12.7 Å². The number of anilines is 1. The summed E-state index contributed by atoms with van der Waals surface area (Å²) in [5.41, 5.74) is 2.39. The van der Waals surface area contributed by atoms with Crippen LogP contribution in [0.15, 0.2) is 42.5 Å². The summed E-state index contributed by atoms with van der Waals surface area (Å²) in [6, 6.07) is 12.3. The average molecular weight is 441 g/mol. The number of piperidine rings is 1. The highest BCUT2D eigenvalue weighted by Gasteiger charge is 2.32. The SMILES string of the molecule is Cc1ccc(NC(=O)[C@@H]2CCCN(S(=O)(=O)Cc3ccc(Cl)c(Cl)c3)C2)cc1. The number of hydrogen-bond acceptors (Lipinski definition) is 3. The van der Waals surface area contributed by atoms with Gasteiger partial charge < -0.3 is 5.32 Å². The Morgan fingerprint density at radius 3 is 2.54 bits per heavy atom. The molecule has 1 atom stereocenters. The molecule has 150 valence electrons. The van der Waals surface area contributed by atoms with Gasteiger partial charge in [0.2, 0.25) is 15.9 Å². The number of nitrogens with zero attached hydrogens (tertiary/aromatic N) is 1. The lowest BCUT2D eigenvalue weighted by atomic mass is 9.98. The molecule has 0 unspecified atom stereocenters. The number of benzene rings is 2. The van der Waals surface area contributed by atoms with Crippen LogP contribution in [-0.2, 0) is 20.6 Å². The third kappa shape index (κ3) is 5.26. The van der Waals surface area contributed by atoms with Gasteiger partial charge in [0.15, 0.2) is 0 Å². The summed E-state index contributed by atoms with van der Waals surface area (Å²) >= 11 is 11.9. The maximum Gasteiger partial charge on any atom is 0.228 e. The number of halogens is 2. The van der Waals surface area contributed by atoms with E-state index in [-0.39, 0.29) is 24.1 Å². The molecule has 2 aromatic rings. The van der Waals surface area contributed by atoms with Crippen LogP contribution in [0.2, 0.25) is 10.0 Å². The molecule has 3 rings (SSSR count). The lowest BCUT2D eigenvalue weighted by molar-refractivity contribution is -0.120. The van der Waals surface area contributed by atoms with Gasteiger partial charge in [0, 0.05) is 18.8 Å². The molecule has 2 aromatic carbocycles. The first kappa shape index (κ1) is 21.1. The topological polar surface area (TPSA) is 66.5 Å². The molecule has 0 bridgehead atoms. The predicted octanol–water partition coefficient (Wildman–Crippen LogP) is 4.48. The number of amides is 1. The minimum Gasteiger partial charge on any atom is -0.326 e. The number of rotatable bonds is 5. The van der Waals surface area contributed by atoms with Crippen molar-refractivity contribution < 1.29 is 13.2 Å². The standard InChI is InChI=1S/C20H22Cl2N2O3S/c1-14-4-7-17(8-5-14)23-20(25)16-3-2-10-24(12-16)28(26,27)13-15-6-9-18(21)19(22)11-15/h4-9,11,16H,2-3,10,12-13H2,1H3,(H,23,25)/t16-/m1/s1. The molecule has 1 amide bonds. The van der Waals surface area contributed by atoms with Crippen molar-refractivity contribution in [1.29, 1.82) is 0 Å². The number of nitrogens with one attached hydrogen (secondary N) is 1. The van der Waals surface area contributed by atoms with E-state index >= 15 is 0 Å². The molecule has 0 saturated carbocycles. The lowest BCUT2D eigenvalue weighted by Crippen LogP contribution is -2.44. The van der Waals surface area contributed by atoms with Crippen molar-refractivity contribution in [3.63, 3.8) is 0 Å². The highest BCUT2D eigenvalue weighted by molar-refractivity contribution is 7.88. The number of aryl methyl sites for hydroxylation is 1. The summed E-state index contributed by atoms with van der Waals surface area (Å²) in [6.07, 6.45) is 1.31. The Morgan fingerprint density at radius 1 is 1.14 bits per heavy atom. The first-order chi connectivity index (χ1) is 13.2. The average Bonchev–Trinajstić information content (AvgIpc) is 2.66. The quantitative estimate of drug-likeness (QED) is 0.744. The Hall–Kier alpha value is -1.60. The van der Waals surface area contributed by atoms with E-state index in [1.807, 2.05) is 31.2 Å². The third-order valence-electron chi connectivity index (χ3n) is 4.80. The molecule has 1 fully saturated rings. The van der Waals surface area contributed by atoms with Gasteiger partial charge in [0.1, 0.15) is 0 Å². The monoisotopic (exact) mass is 440 g/mol. The van der Waals surface area contributed by atoms with E-state index in [1.165, 1.54) is 4.31 Å². The van der Waals surface area contributed by atoms with Gasteiger partial charge in [-0.3, -0.25) is 4.79 Å². The van der Waals surface area contributed by atoms with Crippen molar-refractivity contribution in [3.8, 4) is 0 Å². The molecule has 1 saturated heterocycles. The second-order valence-corrected chi connectivity index (χ2v) is 9.84. The smallest absolute Gasteiger partial charge is 0.228 e. The Morgan fingerprint density at radius 2 is 1.86 bits per heavy atom. The zero-order valence-electron chi connectivity index (χ0n) is 15.5. The van der Waals surface area contributed by atoms with Crippen LogP contribution < -0.4 is 5.32 Å². The van der Waals surface area contributed by atoms with Crippen LogP contribution in [0.5, 0.6) is 0 Å². The van der Waals surface area contributed by atoms with Gasteiger partial charge in [-0.1, -0.05) is 47.0 Å². The zero-order chi connectivity index (χ0) is 20.3. The minimum atomic E-state index is -3.56. The Balaban J connectivity index is 1.66. The van der Waals surface area contributed by atoms with E-state index in [0.29, 0.717) is 40.7 Å². The van der Waals surface area contributed by atoms with Crippen molar-refractivity contribution in [3.05, 3.63) is 63.6 Å². The zero-order valence-corrected chi connectivity index (χ0v) is 17.8. The molecule has 0 radical (unpaired) electrons. The van der Waals surface area contributed by atoms with Crippen LogP contribution in [0.25, 0.3) is 0 Å². The third-order valence-corrected chi connectivity index (χ3v) is 7.36. The molecule has 1 N–H and O–H groups in total. The number of sulfonamides is 1. The first-order valence-electron chi connectivity index (χ1n) is 9.04. The number of carbonyl (C=O) groups excluding carboxylic acids is 1. The molecule has 5 nitrogen and oxygen atoms in total. The van der Waals surface area contributed by atoms with E-state index in [9.17, 15) is 13.2 Å². The predicted molar refractivity (Wildman–Crippen MR) is 113 cm³/mol. The van der Waals surface area contributed by atoms with Gasteiger partial charge in [-0.15, -0.1) is 0 Å². The molecule has 0 aliphatic carbocycles. The molecule has 1 heterocycles. The highest BCUT2D eigenvalue weighted by Crippen LogP contribution is 2.26. The summed E-state index contributed by atoms with van der Waals surface area (Å²) in [6.45, 7) is 2.57. The molecule has 0 spiro atoms. The second kappa shape index (κ2) is 8.82. The van der Waals surface area contributed by atoms with E-state index in [1.54, 1.807) is 18.2 Å². The summed E-state index contributed by atoms with van der Waals surface area (Å²) < 4.78 is 27.1. The van der Waals surface area contributed by atoms with E-state index < -0.39 is 10.0 Å². The largest absolute Gasteiger partial charge is 0.326 e. The van der Waals surface area contributed by atoms with Crippen LogP contribution in [0.1, 0.15) is 24.0 Å². The maximum absolute atomic E-state index is 12.8. The number of hydrogen-bond donors (Lipinski definition) is 1. The maximum atomic E-state index is 12.8. The molecule has 0 aromatic heterocycles.